The van der Waals surface area contributed by atoms with Gasteiger partial charge in [-0.2, -0.15) is 0 Å². The first-order valence-electron chi connectivity index (χ1n) is 18.8. The fourth-order valence-corrected chi connectivity index (χ4v) is 6.96. The van der Waals surface area contributed by atoms with Gasteiger partial charge in [0, 0.05) is 32.8 Å². The lowest BCUT2D eigenvalue weighted by atomic mass is 9.99. The summed E-state index contributed by atoms with van der Waals surface area (Å²) in [7, 11) is 0. The number of hydrogen-bond acceptors (Lipinski definition) is 4. The molecule has 0 aliphatic carbocycles. The normalized spacial score (nSPS) is 13.0. The molecule has 0 amide bonds. The zero-order chi connectivity index (χ0) is 37.4. The van der Waals surface area contributed by atoms with E-state index >= 15 is 0 Å². The molecule has 7 aromatic carbocycles. The summed E-state index contributed by atoms with van der Waals surface area (Å²) in [5, 5.41) is 4.19. The Balaban J connectivity index is 1.18. The van der Waals surface area contributed by atoms with Gasteiger partial charge in [0.25, 0.3) is 0 Å². The molecule has 5 heteroatoms. The molecule has 0 spiro atoms. The molecule has 0 saturated heterocycles. The predicted octanol–water partition coefficient (Wildman–Crippen LogP) is 11.5. The van der Waals surface area contributed by atoms with E-state index in [2.05, 4.69) is 82.3 Å². The minimum Gasteiger partial charge on any atom is -0.456 e. The van der Waals surface area contributed by atoms with Crippen LogP contribution >= 0.6 is 0 Å². The van der Waals surface area contributed by atoms with Gasteiger partial charge in [-0.3, -0.25) is 0 Å². The van der Waals surface area contributed by atoms with Crippen LogP contribution in [-0.4, -0.2) is 19.5 Å². The lowest BCUT2D eigenvalue weighted by Crippen LogP contribution is -2.00. The summed E-state index contributed by atoms with van der Waals surface area (Å²) in [5.41, 5.74) is 8.01. The maximum Gasteiger partial charge on any atom is 0.164 e. The van der Waals surface area contributed by atoms with Crippen molar-refractivity contribution in [2.45, 2.75) is 0 Å². The first kappa shape index (κ1) is 23.5. The number of fused-ring (bicyclic) bond motifs is 6. The first-order valence-corrected chi connectivity index (χ1v) is 16.3. The molecule has 0 fully saturated rings. The SMILES string of the molecule is [2H]c1c([2H])c([2H])c(-c2nc(-c3ccccc3)nc(-c3ccc4c(c3)oc3cccc(-n5c6ccccc6c6c(-c7ccccc7)cccc65)c34)n2)c([2H])c1[2H]. The molecular formula is C45H28N4O. The highest BCUT2D eigenvalue weighted by Crippen LogP contribution is 2.42. The van der Waals surface area contributed by atoms with Crippen LogP contribution in [0.15, 0.2) is 174 Å². The largest absolute Gasteiger partial charge is 0.456 e. The first-order chi connectivity index (χ1) is 26.9. The predicted molar refractivity (Wildman–Crippen MR) is 203 cm³/mol. The van der Waals surface area contributed by atoms with E-state index in [1.54, 1.807) is 0 Å². The zero-order valence-corrected chi connectivity index (χ0v) is 26.5. The molecule has 0 aliphatic rings. The molecule has 234 valence electrons. The molecule has 3 aromatic heterocycles. The fraction of sp³-hybridized carbons (Fsp3) is 0. The minimum absolute atomic E-state index is 0.0194. The van der Waals surface area contributed by atoms with Gasteiger partial charge in [-0.25, -0.2) is 15.0 Å². The van der Waals surface area contributed by atoms with Gasteiger partial charge in [-0.05, 0) is 47.5 Å². The summed E-state index contributed by atoms with van der Waals surface area (Å²) in [5.74, 6) is 0.559. The van der Waals surface area contributed by atoms with Crippen molar-refractivity contribution in [2.75, 3.05) is 0 Å². The number of furan rings is 1. The Bertz CT molecular complexity index is 3130. The number of aromatic nitrogens is 4. The minimum atomic E-state index is -0.483. The Morgan fingerprint density at radius 3 is 1.92 bits per heavy atom. The molecule has 0 atom stereocenters. The van der Waals surface area contributed by atoms with Crippen molar-refractivity contribution in [2.24, 2.45) is 0 Å². The van der Waals surface area contributed by atoms with Crippen molar-refractivity contribution < 1.29 is 11.3 Å². The van der Waals surface area contributed by atoms with Crippen molar-refractivity contribution in [3.63, 3.8) is 0 Å². The molecular weight excluding hydrogens is 613 g/mol. The van der Waals surface area contributed by atoms with Crippen molar-refractivity contribution in [3.05, 3.63) is 170 Å². The van der Waals surface area contributed by atoms with Crippen LogP contribution in [0.25, 0.3) is 94.7 Å². The Kier molecular flexibility index (Phi) is 5.35. The Labute approximate surface area is 294 Å². The monoisotopic (exact) mass is 645 g/mol. The second-order valence-electron chi connectivity index (χ2n) is 12.1. The summed E-state index contributed by atoms with van der Waals surface area (Å²) in [4.78, 5) is 14.2. The second kappa shape index (κ2) is 11.4. The van der Waals surface area contributed by atoms with Crippen LogP contribution in [-0.2, 0) is 0 Å². The van der Waals surface area contributed by atoms with Gasteiger partial charge in [0.15, 0.2) is 17.5 Å². The van der Waals surface area contributed by atoms with Crippen molar-refractivity contribution >= 4 is 43.7 Å². The molecule has 5 nitrogen and oxygen atoms in total. The van der Waals surface area contributed by atoms with Crippen LogP contribution in [0.5, 0.6) is 0 Å². The van der Waals surface area contributed by atoms with E-state index in [1.165, 1.54) is 5.39 Å². The van der Waals surface area contributed by atoms with E-state index in [0.29, 0.717) is 22.5 Å². The number of nitrogens with zero attached hydrogens (tertiary/aromatic N) is 4. The number of rotatable bonds is 5. The fourth-order valence-electron chi connectivity index (χ4n) is 6.96. The summed E-state index contributed by atoms with van der Waals surface area (Å²) in [6, 6.07) is 44.4. The highest BCUT2D eigenvalue weighted by molar-refractivity contribution is 6.18. The average molecular weight is 646 g/mol. The second-order valence-corrected chi connectivity index (χ2v) is 12.1. The van der Waals surface area contributed by atoms with Gasteiger partial charge in [-0.15, -0.1) is 0 Å². The van der Waals surface area contributed by atoms with E-state index in [-0.39, 0.29) is 29.3 Å². The third kappa shape index (κ3) is 4.52. The molecule has 0 saturated carbocycles. The summed E-state index contributed by atoms with van der Waals surface area (Å²) in [6.45, 7) is 0. The smallest absolute Gasteiger partial charge is 0.164 e. The van der Waals surface area contributed by atoms with Crippen LogP contribution in [0.2, 0.25) is 0 Å². The quantitative estimate of drug-likeness (QED) is 0.187. The van der Waals surface area contributed by atoms with E-state index in [9.17, 15) is 0 Å². The lowest BCUT2D eigenvalue weighted by Gasteiger charge is -2.10. The van der Waals surface area contributed by atoms with Gasteiger partial charge in [0.2, 0.25) is 0 Å². The lowest BCUT2D eigenvalue weighted by molar-refractivity contribution is 0.669. The molecule has 50 heavy (non-hydrogen) atoms. The van der Waals surface area contributed by atoms with Crippen molar-refractivity contribution in [1.82, 2.24) is 19.5 Å². The number of benzene rings is 7. The van der Waals surface area contributed by atoms with Gasteiger partial charge in [0.05, 0.1) is 29.0 Å². The van der Waals surface area contributed by atoms with E-state index in [0.717, 1.165) is 49.6 Å². The Morgan fingerprint density at radius 2 is 1.12 bits per heavy atom. The van der Waals surface area contributed by atoms with E-state index in [1.807, 2.05) is 66.7 Å². The van der Waals surface area contributed by atoms with Crippen LogP contribution in [0.1, 0.15) is 6.85 Å². The molecule has 3 heterocycles. The van der Waals surface area contributed by atoms with E-state index < -0.39 is 18.1 Å². The highest BCUT2D eigenvalue weighted by atomic mass is 16.3. The molecule has 0 aliphatic heterocycles. The average Bonchev–Trinajstić information content (AvgIpc) is 3.78. The maximum absolute atomic E-state index is 8.64. The zero-order valence-electron chi connectivity index (χ0n) is 31.5. The van der Waals surface area contributed by atoms with Gasteiger partial charge in [0.1, 0.15) is 11.2 Å². The molecule has 0 bridgehead atoms. The third-order valence-electron chi connectivity index (χ3n) is 9.15. The maximum atomic E-state index is 8.64. The molecule has 0 unspecified atom stereocenters. The highest BCUT2D eigenvalue weighted by Gasteiger charge is 2.20. The standard InChI is InChI=1S/C45H28N4O/c1-4-14-29(15-5-1)33-21-12-23-37-41(33)34-20-10-11-22-36(34)49(37)38-24-13-25-39-42(38)35-27-26-32(28-40(35)50-39)45-47-43(30-16-6-2-7-17-30)46-44(48-45)31-18-8-3-9-19-31/h1-28H/i2D,6D,7D,16D,17D. The van der Waals surface area contributed by atoms with Gasteiger partial charge < -0.3 is 8.98 Å². The van der Waals surface area contributed by atoms with Crippen LogP contribution in [0.3, 0.4) is 0 Å². The van der Waals surface area contributed by atoms with Crippen LogP contribution in [0, 0.1) is 0 Å². The topological polar surface area (TPSA) is 56.7 Å². The number of hydrogen-bond donors (Lipinski definition) is 0. The third-order valence-corrected chi connectivity index (χ3v) is 9.15. The number of para-hydroxylation sites is 1. The molecule has 0 radical (unpaired) electrons. The Morgan fingerprint density at radius 1 is 0.460 bits per heavy atom. The molecule has 10 rings (SSSR count). The summed E-state index contributed by atoms with van der Waals surface area (Å²) < 4.78 is 50.8. The van der Waals surface area contributed by atoms with Crippen molar-refractivity contribution in [3.8, 4) is 51.0 Å². The molecule has 0 N–H and O–H groups in total. The van der Waals surface area contributed by atoms with Crippen molar-refractivity contribution in [1.29, 1.82) is 0 Å². The van der Waals surface area contributed by atoms with Crippen LogP contribution < -0.4 is 0 Å². The molecule has 10 aromatic rings. The van der Waals surface area contributed by atoms with Gasteiger partial charge >= 0.3 is 0 Å². The summed E-state index contributed by atoms with van der Waals surface area (Å²) in [6.07, 6.45) is 0. The van der Waals surface area contributed by atoms with E-state index in [4.69, 9.17) is 21.2 Å². The van der Waals surface area contributed by atoms with Gasteiger partial charge in [-0.1, -0.05) is 133 Å². The van der Waals surface area contributed by atoms with Crippen LogP contribution in [0.4, 0.5) is 0 Å². The summed E-state index contributed by atoms with van der Waals surface area (Å²) >= 11 is 0. The Hall–Kier alpha value is -6.85.